The number of anilines is 1. The maximum Gasteiger partial charge on any atom is 0.248 e. The first-order valence-corrected chi connectivity index (χ1v) is 6.15. The van der Waals surface area contributed by atoms with Crippen molar-refractivity contribution < 1.29 is 9.59 Å². The van der Waals surface area contributed by atoms with Crippen molar-refractivity contribution in [3.8, 4) is 0 Å². The number of carbonyl (C=O) groups is 2. The van der Waals surface area contributed by atoms with Gasteiger partial charge in [-0.25, -0.2) is 0 Å². The van der Waals surface area contributed by atoms with Gasteiger partial charge in [0.15, 0.2) is 0 Å². The average Bonchev–Trinajstić information content (AvgIpc) is 2.74. The summed E-state index contributed by atoms with van der Waals surface area (Å²) in [6.45, 7) is 1.95. The van der Waals surface area contributed by atoms with Gasteiger partial charge in [-0.15, -0.1) is 0 Å². The quantitative estimate of drug-likeness (QED) is 0.710. The van der Waals surface area contributed by atoms with Crippen LogP contribution in [0.3, 0.4) is 0 Å². The van der Waals surface area contributed by atoms with Crippen LogP contribution in [-0.2, 0) is 0 Å². The summed E-state index contributed by atoms with van der Waals surface area (Å²) < 4.78 is 0. The summed E-state index contributed by atoms with van der Waals surface area (Å²) >= 11 is 0. The summed E-state index contributed by atoms with van der Waals surface area (Å²) in [4.78, 5) is 24.7. The normalized spacial score (nSPS) is 19.3. The Hall–Kier alpha value is -2.08. The Morgan fingerprint density at radius 2 is 1.79 bits per heavy atom. The molecule has 1 aromatic carbocycles. The SMILES string of the molecule is CN1CCC(Nc2cc(C(N)=O)cc(C(N)=O)c2)C1. The Kier molecular flexibility index (Phi) is 3.71. The molecule has 1 atom stereocenters. The van der Waals surface area contributed by atoms with E-state index >= 15 is 0 Å². The Balaban J connectivity index is 2.23. The van der Waals surface area contributed by atoms with Crippen LogP contribution < -0.4 is 16.8 Å². The van der Waals surface area contributed by atoms with E-state index in [1.807, 2.05) is 0 Å². The van der Waals surface area contributed by atoms with E-state index in [1.165, 1.54) is 6.07 Å². The third kappa shape index (κ3) is 3.23. The van der Waals surface area contributed by atoms with E-state index in [1.54, 1.807) is 12.1 Å². The molecule has 0 bridgehead atoms. The Bertz CT molecular complexity index is 483. The molecular formula is C13H18N4O2. The molecule has 0 saturated carbocycles. The van der Waals surface area contributed by atoms with E-state index in [0.717, 1.165) is 19.5 Å². The molecule has 19 heavy (non-hydrogen) atoms. The minimum atomic E-state index is -0.574. The lowest BCUT2D eigenvalue weighted by Crippen LogP contribution is -2.24. The molecule has 0 radical (unpaired) electrons. The summed E-state index contributed by atoms with van der Waals surface area (Å²) in [7, 11) is 2.05. The first-order chi connectivity index (χ1) is 8.95. The number of hydrogen-bond donors (Lipinski definition) is 3. The number of hydrogen-bond acceptors (Lipinski definition) is 4. The minimum Gasteiger partial charge on any atom is -0.381 e. The predicted octanol–water partition coefficient (Wildman–Crippen LogP) is 0.000400. The molecule has 1 unspecified atom stereocenters. The minimum absolute atomic E-state index is 0.283. The highest BCUT2D eigenvalue weighted by molar-refractivity contribution is 5.99. The Morgan fingerprint density at radius 3 is 2.21 bits per heavy atom. The molecule has 5 N–H and O–H groups in total. The smallest absolute Gasteiger partial charge is 0.248 e. The van der Waals surface area contributed by atoms with Crippen LogP contribution in [0.2, 0.25) is 0 Å². The first-order valence-electron chi connectivity index (χ1n) is 6.15. The fraction of sp³-hybridized carbons (Fsp3) is 0.385. The molecule has 1 aliphatic heterocycles. The van der Waals surface area contributed by atoms with Gasteiger partial charge in [-0.2, -0.15) is 0 Å². The lowest BCUT2D eigenvalue weighted by molar-refractivity contribution is 0.0999. The molecule has 1 saturated heterocycles. The molecule has 0 aliphatic carbocycles. The number of nitrogens with two attached hydrogens (primary N) is 2. The van der Waals surface area contributed by atoms with Gasteiger partial charge in [0.1, 0.15) is 0 Å². The van der Waals surface area contributed by atoms with Gasteiger partial charge in [0.05, 0.1) is 0 Å². The average molecular weight is 262 g/mol. The zero-order valence-electron chi connectivity index (χ0n) is 10.8. The number of carbonyl (C=O) groups excluding carboxylic acids is 2. The Labute approximate surface area is 111 Å². The molecule has 1 aromatic rings. The predicted molar refractivity (Wildman–Crippen MR) is 73.0 cm³/mol. The largest absolute Gasteiger partial charge is 0.381 e. The van der Waals surface area contributed by atoms with Gasteiger partial charge in [0, 0.05) is 29.4 Å². The van der Waals surface area contributed by atoms with Crippen LogP contribution in [0.25, 0.3) is 0 Å². The topological polar surface area (TPSA) is 101 Å². The van der Waals surface area contributed by atoms with Crippen molar-refractivity contribution in [2.45, 2.75) is 12.5 Å². The molecule has 2 rings (SSSR count). The van der Waals surface area contributed by atoms with Gasteiger partial charge in [-0.3, -0.25) is 9.59 Å². The van der Waals surface area contributed by atoms with E-state index in [9.17, 15) is 9.59 Å². The number of likely N-dealkylation sites (tertiary alicyclic amines) is 1. The highest BCUT2D eigenvalue weighted by Gasteiger charge is 2.19. The summed E-state index contributed by atoms with van der Waals surface area (Å²) in [5, 5.41) is 3.30. The van der Waals surface area contributed by atoms with Gasteiger partial charge < -0.3 is 21.7 Å². The van der Waals surface area contributed by atoms with Crippen LogP contribution >= 0.6 is 0 Å². The fourth-order valence-corrected chi connectivity index (χ4v) is 2.28. The lowest BCUT2D eigenvalue weighted by Gasteiger charge is -2.15. The summed E-state index contributed by atoms with van der Waals surface area (Å²) in [6.07, 6.45) is 1.02. The van der Waals surface area contributed by atoms with Gasteiger partial charge in [0.25, 0.3) is 0 Å². The van der Waals surface area contributed by atoms with Gasteiger partial charge in [0.2, 0.25) is 11.8 Å². The van der Waals surface area contributed by atoms with Crippen molar-refractivity contribution in [3.63, 3.8) is 0 Å². The van der Waals surface area contributed by atoms with Crippen LogP contribution in [0, 0.1) is 0 Å². The highest BCUT2D eigenvalue weighted by Crippen LogP contribution is 2.18. The second-order valence-corrected chi connectivity index (χ2v) is 4.92. The van der Waals surface area contributed by atoms with Gasteiger partial charge in [-0.1, -0.05) is 0 Å². The summed E-state index contributed by atoms with van der Waals surface area (Å²) in [5.41, 5.74) is 11.8. The molecule has 6 nitrogen and oxygen atoms in total. The van der Waals surface area contributed by atoms with Crippen molar-refractivity contribution >= 4 is 17.5 Å². The maximum atomic E-state index is 11.3. The monoisotopic (exact) mass is 262 g/mol. The number of likely N-dealkylation sites (N-methyl/N-ethyl adjacent to an activating group) is 1. The van der Waals surface area contributed by atoms with E-state index in [4.69, 9.17) is 11.5 Å². The lowest BCUT2D eigenvalue weighted by atomic mass is 10.1. The molecule has 0 spiro atoms. The zero-order chi connectivity index (χ0) is 14.0. The summed E-state index contributed by atoms with van der Waals surface area (Å²) in [5.74, 6) is -1.15. The van der Waals surface area contributed by atoms with Crippen molar-refractivity contribution in [1.82, 2.24) is 4.90 Å². The molecule has 1 heterocycles. The van der Waals surface area contributed by atoms with Gasteiger partial charge >= 0.3 is 0 Å². The molecule has 0 aromatic heterocycles. The third-order valence-electron chi connectivity index (χ3n) is 3.26. The number of primary amides is 2. The van der Waals surface area contributed by atoms with Crippen LogP contribution in [0.15, 0.2) is 18.2 Å². The molecule has 2 amide bonds. The maximum absolute atomic E-state index is 11.3. The molecule has 102 valence electrons. The standard InChI is InChI=1S/C13H18N4O2/c1-17-3-2-10(7-17)16-11-5-8(12(14)18)4-9(6-11)13(15)19/h4-6,10,16H,2-3,7H2,1H3,(H2,14,18)(H2,15,19). The van der Waals surface area contributed by atoms with Gasteiger partial charge in [-0.05, 0) is 38.2 Å². The molecule has 1 aliphatic rings. The number of nitrogens with zero attached hydrogens (tertiary/aromatic N) is 1. The zero-order valence-corrected chi connectivity index (χ0v) is 10.8. The third-order valence-corrected chi connectivity index (χ3v) is 3.26. The molecule has 1 fully saturated rings. The van der Waals surface area contributed by atoms with Crippen LogP contribution in [-0.4, -0.2) is 42.9 Å². The van der Waals surface area contributed by atoms with Crippen molar-refractivity contribution in [2.75, 3.05) is 25.5 Å². The first kappa shape index (κ1) is 13.4. The fourth-order valence-electron chi connectivity index (χ4n) is 2.28. The summed E-state index contributed by atoms with van der Waals surface area (Å²) in [6, 6.07) is 5.01. The number of amides is 2. The van der Waals surface area contributed by atoms with E-state index < -0.39 is 11.8 Å². The van der Waals surface area contributed by atoms with Crippen molar-refractivity contribution in [3.05, 3.63) is 29.3 Å². The van der Waals surface area contributed by atoms with Crippen LogP contribution in [0.5, 0.6) is 0 Å². The van der Waals surface area contributed by atoms with E-state index in [0.29, 0.717) is 11.7 Å². The van der Waals surface area contributed by atoms with E-state index in [-0.39, 0.29) is 11.1 Å². The Morgan fingerprint density at radius 1 is 1.21 bits per heavy atom. The molecule has 6 heteroatoms. The van der Waals surface area contributed by atoms with Crippen LogP contribution in [0.4, 0.5) is 5.69 Å². The number of nitrogens with one attached hydrogen (secondary N) is 1. The number of benzene rings is 1. The second-order valence-electron chi connectivity index (χ2n) is 4.92. The van der Waals surface area contributed by atoms with E-state index in [2.05, 4.69) is 17.3 Å². The highest BCUT2D eigenvalue weighted by atomic mass is 16.1. The second kappa shape index (κ2) is 5.27. The number of rotatable bonds is 4. The molecular weight excluding hydrogens is 244 g/mol. The van der Waals surface area contributed by atoms with Crippen molar-refractivity contribution in [2.24, 2.45) is 11.5 Å². The van der Waals surface area contributed by atoms with Crippen LogP contribution in [0.1, 0.15) is 27.1 Å². The van der Waals surface area contributed by atoms with Crippen molar-refractivity contribution in [1.29, 1.82) is 0 Å².